The minimum absolute atomic E-state index is 0.215. The molecule has 112 valence electrons. The molecule has 0 aliphatic heterocycles. The first-order valence-electron chi connectivity index (χ1n) is 7.14. The van der Waals surface area contributed by atoms with Crippen LogP contribution in [0.1, 0.15) is 31.4 Å². The van der Waals surface area contributed by atoms with Gasteiger partial charge in [0, 0.05) is 12.7 Å². The van der Waals surface area contributed by atoms with Crippen LogP contribution in [0.25, 0.3) is 0 Å². The van der Waals surface area contributed by atoms with Crippen LogP contribution >= 0.6 is 22.6 Å². The van der Waals surface area contributed by atoms with Crippen molar-refractivity contribution in [2.24, 2.45) is 0 Å². The Bertz CT molecular complexity index is 729. The zero-order chi connectivity index (χ0) is 15.4. The van der Waals surface area contributed by atoms with Crippen molar-refractivity contribution in [2.75, 3.05) is 0 Å². The Balaban J connectivity index is 2.42. The van der Waals surface area contributed by atoms with Crippen molar-refractivity contribution in [3.8, 4) is 0 Å². The van der Waals surface area contributed by atoms with Crippen molar-refractivity contribution in [1.82, 2.24) is 9.13 Å². The summed E-state index contributed by atoms with van der Waals surface area (Å²) in [5.41, 5.74) is 1.77. The third kappa shape index (κ3) is 3.64. The molecule has 1 aromatic carbocycles. The predicted molar refractivity (Wildman–Crippen MR) is 92.9 cm³/mol. The quantitative estimate of drug-likeness (QED) is 0.727. The smallest absolute Gasteiger partial charge is 0.299 e. The van der Waals surface area contributed by atoms with Crippen LogP contribution in [0.3, 0.4) is 0 Å². The molecule has 0 aliphatic rings. The summed E-state index contributed by atoms with van der Waals surface area (Å²) in [6.45, 7) is 5.06. The summed E-state index contributed by atoms with van der Waals surface area (Å²) in [5, 5.41) is 0. The van der Waals surface area contributed by atoms with E-state index in [4.69, 9.17) is 0 Å². The van der Waals surface area contributed by atoms with E-state index < -0.39 is 0 Å². The van der Waals surface area contributed by atoms with Gasteiger partial charge in [0.05, 0.1) is 10.1 Å². The predicted octanol–water partition coefficient (Wildman–Crippen LogP) is 2.64. The summed E-state index contributed by atoms with van der Waals surface area (Å²) in [6, 6.07) is 8.04. The van der Waals surface area contributed by atoms with Crippen LogP contribution in [0.2, 0.25) is 0 Å². The number of aromatic nitrogens is 2. The average molecular weight is 398 g/mol. The van der Waals surface area contributed by atoms with Crippen molar-refractivity contribution in [3.05, 3.63) is 66.0 Å². The fraction of sp³-hybridized carbons (Fsp3) is 0.375. The van der Waals surface area contributed by atoms with E-state index in [1.54, 1.807) is 10.8 Å². The Morgan fingerprint density at radius 2 is 1.67 bits per heavy atom. The van der Waals surface area contributed by atoms with Crippen molar-refractivity contribution in [3.63, 3.8) is 0 Å². The van der Waals surface area contributed by atoms with Gasteiger partial charge in [0.2, 0.25) is 0 Å². The molecule has 2 aromatic rings. The zero-order valence-corrected chi connectivity index (χ0v) is 14.5. The van der Waals surface area contributed by atoms with Gasteiger partial charge >= 0.3 is 5.69 Å². The Morgan fingerprint density at radius 1 is 1.05 bits per heavy atom. The van der Waals surface area contributed by atoms with Crippen molar-refractivity contribution in [1.29, 1.82) is 0 Å². The second kappa shape index (κ2) is 7.06. The van der Waals surface area contributed by atoms with Crippen molar-refractivity contribution < 1.29 is 0 Å². The topological polar surface area (TPSA) is 44.0 Å². The molecule has 0 unspecified atom stereocenters. The molecule has 0 radical (unpaired) electrons. The van der Waals surface area contributed by atoms with Gasteiger partial charge in [-0.05, 0) is 46.6 Å². The highest BCUT2D eigenvalue weighted by Crippen LogP contribution is 2.06. The first-order valence-corrected chi connectivity index (χ1v) is 8.22. The molecule has 1 heterocycles. The fourth-order valence-corrected chi connectivity index (χ4v) is 2.85. The standard InChI is InChI=1S/C16H19IN2O2/c1-3-9-18-11-14(17)15(20)19(16(18)21)10-13-7-5-12(4-2)6-8-13/h5-8,11H,3-4,9-10H2,1-2H3. The van der Waals surface area contributed by atoms with Crippen LogP contribution in [0, 0.1) is 3.57 Å². The van der Waals surface area contributed by atoms with E-state index in [0.29, 0.717) is 16.7 Å². The molecule has 0 bridgehead atoms. The van der Waals surface area contributed by atoms with E-state index in [1.807, 2.05) is 53.8 Å². The van der Waals surface area contributed by atoms with Crippen LogP contribution in [0.4, 0.5) is 0 Å². The molecule has 0 saturated heterocycles. The molecule has 0 N–H and O–H groups in total. The number of nitrogens with zero attached hydrogens (tertiary/aromatic N) is 2. The van der Waals surface area contributed by atoms with Crippen LogP contribution in [-0.2, 0) is 19.5 Å². The zero-order valence-electron chi connectivity index (χ0n) is 12.3. The number of halogens is 1. The van der Waals surface area contributed by atoms with Crippen LogP contribution in [0.5, 0.6) is 0 Å². The van der Waals surface area contributed by atoms with Gasteiger partial charge in [-0.25, -0.2) is 4.79 Å². The molecule has 0 spiro atoms. The third-order valence-corrected chi connectivity index (χ3v) is 4.17. The summed E-state index contributed by atoms with van der Waals surface area (Å²) in [4.78, 5) is 24.6. The highest BCUT2D eigenvalue weighted by molar-refractivity contribution is 14.1. The summed E-state index contributed by atoms with van der Waals surface area (Å²) in [7, 11) is 0. The molecule has 21 heavy (non-hydrogen) atoms. The Labute approximate surface area is 137 Å². The lowest BCUT2D eigenvalue weighted by Crippen LogP contribution is -2.41. The maximum Gasteiger partial charge on any atom is 0.331 e. The van der Waals surface area contributed by atoms with E-state index in [-0.39, 0.29) is 11.2 Å². The number of hydrogen-bond donors (Lipinski definition) is 0. The second-order valence-electron chi connectivity index (χ2n) is 5.01. The Hall–Kier alpha value is -1.37. The normalized spacial score (nSPS) is 10.8. The summed E-state index contributed by atoms with van der Waals surface area (Å²) in [6.07, 6.45) is 3.48. The second-order valence-corrected chi connectivity index (χ2v) is 6.18. The van der Waals surface area contributed by atoms with Gasteiger partial charge in [-0.2, -0.15) is 0 Å². The van der Waals surface area contributed by atoms with Crippen LogP contribution in [-0.4, -0.2) is 9.13 Å². The van der Waals surface area contributed by atoms with E-state index in [0.717, 1.165) is 18.4 Å². The van der Waals surface area contributed by atoms with E-state index >= 15 is 0 Å². The summed E-state index contributed by atoms with van der Waals surface area (Å²) in [5.74, 6) is 0. The highest BCUT2D eigenvalue weighted by atomic mass is 127. The molecular formula is C16H19IN2O2. The first-order chi connectivity index (χ1) is 10.1. The van der Waals surface area contributed by atoms with Gasteiger partial charge < -0.3 is 0 Å². The van der Waals surface area contributed by atoms with Gasteiger partial charge in [-0.15, -0.1) is 0 Å². The lowest BCUT2D eigenvalue weighted by atomic mass is 10.1. The fourth-order valence-electron chi connectivity index (χ4n) is 2.22. The molecule has 0 aliphatic carbocycles. The molecule has 4 nitrogen and oxygen atoms in total. The third-order valence-electron chi connectivity index (χ3n) is 3.43. The molecule has 0 saturated carbocycles. The highest BCUT2D eigenvalue weighted by Gasteiger charge is 2.09. The van der Waals surface area contributed by atoms with Gasteiger partial charge in [0.15, 0.2) is 0 Å². The molecule has 0 fully saturated rings. The molecule has 5 heteroatoms. The van der Waals surface area contributed by atoms with E-state index in [1.165, 1.54) is 10.1 Å². The van der Waals surface area contributed by atoms with Crippen LogP contribution < -0.4 is 11.2 Å². The number of aryl methyl sites for hydroxylation is 2. The SMILES string of the molecule is CCCn1cc(I)c(=O)n(Cc2ccc(CC)cc2)c1=O. The average Bonchev–Trinajstić information content (AvgIpc) is 2.50. The van der Waals surface area contributed by atoms with Gasteiger partial charge in [-0.1, -0.05) is 38.1 Å². The number of rotatable bonds is 5. The van der Waals surface area contributed by atoms with Crippen LogP contribution in [0.15, 0.2) is 40.1 Å². The Morgan fingerprint density at radius 3 is 2.24 bits per heavy atom. The largest absolute Gasteiger partial charge is 0.331 e. The summed E-state index contributed by atoms with van der Waals surface area (Å²) >= 11 is 1.99. The molecule has 2 rings (SSSR count). The Kier molecular flexibility index (Phi) is 5.39. The summed E-state index contributed by atoms with van der Waals surface area (Å²) < 4.78 is 3.51. The maximum absolute atomic E-state index is 12.4. The first kappa shape index (κ1) is 16.0. The maximum atomic E-state index is 12.4. The molecule has 0 atom stereocenters. The van der Waals surface area contributed by atoms with E-state index in [9.17, 15) is 9.59 Å². The molecule has 1 aromatic heterocycles. The molecular weight excluding hydrogens is 379 g/mol. The lowest BCUT2D eigenvalue weighted by Gasteiger charge is -2.11. The van der Waals surface area contributed by atoms with Gasteiger partial charge in [-0.3, -0.25) is 13.9 Å². The van der Waals surface area contributed by atoms with Gasteiger partial charge in [0.1, 0.15) is 0 Å². The minimum Gasteiger partial charge on any atom is -0.299 e. The van der Waals surface area contributed by atoms with Gasteiger partial charge in [0.25, 0.3) is 5.56 Å². The number of benzene rings is 1. The van der Waals surface area contributed by atoms with Crippen molar-refractivity contribution >= 4 is 22.6 Å². The van der Waals surface area contributed by atoms with E-state index in [2.05, 4.69) is 6.92 Å². The van der Waals surface area contributed by atoms with Crippen molar-refractivity contribution in [2.45, 2.75) is 39.8 Å². The minimum atomic E-state index is -0.234. The number of hydrogen-bond acceptors (Lipinski definition) is 2. The lowest BCUT2D eigenvalue weighted by molar-refractivity contribution is 0.566. The molecule has 0 amide bonds. The monoisotopic (exact) mass is 398 g/mol.